The third-order valence-corrected chi connectivity index (χ3v) is 4.26. The molecule has 2 heterocycles. The first-order chi connectivity index (χ1) is 14.0. The fourth-order valence-corrected chi connectivity index (χ4v) is 2.80. The molecule has 0 aromatic carbocycles. The Hall–Kier alpha value is -2.07. The topological polar surface area (TPSA) is 79.8 Å². The van der Waals surface area contributed by atoms with Crippen molar-refractivity contribution in [2.45, 2.75) is 25.9 Å². The summed E-state index contributed by atoms with van der Waals surface area (Å²) in [6, 6.07) is 2.28. The van der Waals surface area contributed by atoms with Crippen molar-refractivity contribution in [3.63, 3.8) is 0 Å². The molecular formula is C19H30F3N5O2. The molecule has 1 atom stereocenters. The van der Waals surface area contributed by atoms with Crippen LogP contribution in [0.25, 0.3) is 0 Å². The predicted molar refractivity (Wildman–Crippen MR) is 106 cm³/mol. The van der Waals surface area contributed by atoms with Crippen molar-refractivity contribution in [3.8, 4) is 0 Å². The monoisotopic (exact) mass is 417 g/mol. The van der Waals surface area contributed by atoms with Gasteiger partial charge in [-0.05, 0) is 31.9 Å². The average molecular weight is 417 g/mol. The number of hydrogen-bond acceptors (Lipinski definition) is 5. The number of aromatic nitrogens is 1. The zero-order valence-electron chi connectivity index (χ0n) is 16.7. The van der Waals surface area contributed by atoms with Crippen molar-refractivity contribution in [1.82, 2.24) is 15.6 Å². The van der Waals surface area contributed by atoms with Crippen LogP contribution in [0.1, 0.15) is 25.3 Å². The van der Waals surface area contributed by atoms with E-state index in [1.807, 2.05) is 6.92 Å². The molecule has 29 heavy (non-hydrogen) atoms. The molecule has 0 saturated carbocycles. The van der Waals surface area contributed by atoms with Gasteiger partial charge >= 0.3 is 6.18 Å². The zero-order chi connectivity index (χ0) is 21.0. The van der Waals surface area contributed by atoms with Crippen molar-refractivity contribution in [2.75, 3.05) is 57.9 Å². The van der Waals surface area contributed by atoms with E-state index in [1.165, 1.54) is 12.3 Å². The van der Waals surface area contributed by atoms with Gasteiger partial charge < -0.3 is 25.4 Å². The molecule has 1 aliphatic rings. The van der Waals surface area contributed by atoms with Crippen LogP contribution >= 0.6 is 0 Å². The molecule has 0 bridgehead atoms. The Morgan fingerprint density at radius 1 is 1.34 bits per heavy atom. The summed E-state index contributed by atoms with van der Waals surface area (Å²) in [5, 5.41) is 8.93. The second-order valence-corrected chi connectivity index (χ2v) is 6.67. The van der Waals surface area contributed by atoms with Gasteiger partial charge in [0.15, 0.2) is 5.96 Å². The number of pyridine rings is 1. The number of aliphatic imine (C=N–C) groups is 1. The predicted octanol–water partition coefficient (Wildman–Crippen LogP) is 2.51. The van der Waals surface area contributed by atoms with Crippen LogP contribution in [0.3, 0.4) is 0 Å². The number of nitrogens with zero attached hydrogens (tertiary/aromatic N) is 2. The van der Waals surface area contributed by atoms with Gasteiger partial charge in [-0.1, -0.05) is 0 Å². The number of rotatable bonds is 11. The fourth-order valence-electron chi connectivity index (χ4n) is 2.80. The van der Waals surface area contributed by atoms with Crippen LogP contribution in [0.15, 0.2) is 23.3 Å². The van der Waals surface area contributed by atoms with Crippen LogP contribution in [0.2, 0.25) is 0 Å². The first-order valence-corrected chi connectivity index (χ1v) is 9.94. The van der Waals surface area contributed by atoms with E-state index in [4.69, 9.17) is 9.47 Å². The molecule has 7 nitrogen and oxygen atoms in total. The number of hydrogen-bond donors (Lipinski definition) is 3. The van der Waals surface area contributed by atoms with E-state index < -0.39 is 11.7 Å². The second kappa shape index (κ2) is 12.5. The number of alkyl halides is 3. The van der Waals surface area contributed by atoms with E-state index in [0.29, 0.717) is 38.1 Å². The first-order valence-electron chi connectivity index (χ1n) is 9.94. The van der Waals surface area contributed by atoms with Gasteiger partial charge in [0.2, 0.25) is 0 Å². The van der Waals surface area contributed by atoms with Gasteiger partial charge in [-0.2, -0.15) is 13.2 Å². The van der Waals surface area contributed by atoms with E-state index in [-0.39, 0.29) is 12.4 Å². The van der Waals surface area contributed by atoms with E-state index in [2.05, 4.69) is 25.9 Å². The number of guanidine groups is 1. The molecule has 164 valence electrons. The van der Waals surface area contributed by atoms with Crippen LogP contribution in [-0.2, 0) is 15.7 Å². The molecule has 1 aromatic heterocycles. The van der Waals surface area contributed by atoms with Gasteiger partial charge in [0, 0.05) is 51.5 Å². The Morgan fingerprint density at radius 3 is 2.93 bits per heavy atom. The quantitative estimate of drug-likeness (QED) is 0.292. The van der Waals surface area contributed by atoms with Gasteiger partial charge in [-0.25, -0.2) is 4.98 Å². The van der Waals surface area contributed by atoms with Crippen LogP contribution in [0.5, 0.6) is 0 Å². The third kappa shape index (κ3) is 8.86. The summed E-state index contributed by atoms with van der Waals surface area (Å²) in [6.45, 7) is 6.88. The highest BCUT2D eigenvalue weighted by Crippen LogP contribution is 2.33. The lowest BCUT2D eigenvalue weighted by Crippen LogP contribution is -2.39. The van der Waals surface area contributed by atoms with Crippen molar-refractivity contribution in [1.29, 1.82) is 0 Å². The maximum Gasteiger partial charge on any atom is 0.419 e. The summed E-state index contributed by atoms with van der Waals surface area (Å²) in [6.07, 6.45) is -1.25. The van der Waals surface area contributed by atoms with Gasteiger partial charge in [0.25, 0.3) is 0 Å². The Labute approximate surface area is 169 Å². The van der Waals surface area contributed by atoms with Gasteiger partial charge in [0.1, 0.15) is 5.82 Å². The average Bonchev–Trinajstić information content (AvgIpc) is 3.20. The minimum atomic E-state index is -4.44. The molecule has 2 rings (SSSR count). The van der Waals surface area contributed by atoms with Crippen molar-refractivity contribution >= 4 is 11.8 Å². The van der Waals surface area contributed by atoms with Crippen molar-refractivity contribution in [3.05, 3.63) is 23.9 Å². The molecule has 0 spiro atoms. The highest BCUT2D eigenvalue weighted by molar-refractivity contribution is 5.79. The smallest absolute Gasteiger partial charge is 0.381 e. The van der Waals surface area contributed by atoms with Gasteiger partial charge in [-0.3, -0.25) is 4.99 Å². The second-order valence-electron chi connectivity index (χ2n) is 6.67. The van der Waals surface area contributed by atoms with E-state index in [0.717, 1.165) is 38.7 Å². The van der Waals surface area contributed by atoms with E-state index >= 15 is 0 Å². The highest BCUT2D eigenvalue weighted by Gasteiger charge is 2.33. The van der Waals surface area contributed by atoms with Crippen LogP contribution in [0, 0.1) is 5.92 Å². The number of ether oxygens (including phenoxy) is 2. The summed E-state index contributed by atoms with van der Waals surface area (Å²) in [4.78, 5) is 8.23. The van der Waals surface area contributed by atoms with Crippen molar-refractivity contribution in [2.24, 2.45) is 10.9 Å². The van der Waals surface area contributed by atoms with E-state index in [9.17, 15) is 13.2 Å². The molecule has 1 aromatic rings. The largest absolute Gasteiger partial charge is 0.419 e. The molecule has 0 amide bonds. The lowest BCUT2D eigenvalue weighted by atomic mass is 10.1. The summed E-state index contributed by atoms with van der Waals surface area (Å²) >= 11 is 0. The molecular weight excluding hydrogens is 387 g/mol. The lowest BCUT2D eigenvalue weighted by Gasteiger charge is -2.15. The zero-order valence-corrected chi connectivity index (χ0v) is 16.7. The van der Waals surface area contributed by atoms with Crippen LogP contribution in [0.4, 0.5) is 19.0 Å². The molecule has 0 aliphatic carbocycles. The van der Waals surface area contributed by atoms with Gasteiger partial charge in [-0.15, -0.1) is 0 Å². The Bertz CT molecular complexity index is 622. The Morgan fingerprint density at radius 2 is 2.21 bits per heavy atom. The molecule has 10 heteroatoms. The Kier molecular flexibility index (Phi) is 9.99. The molecule has 1 unspecified atom stereocenters. The molecule has 1 aliphatic heterocycles. The minimum absolute atomic E-state index is 0.173. The fraction of sp³-hybridized carbons (Fsp3) is 0.684. The lowest BCUT2D eigenvalue weighted by molar-refractivity contribution is -0.137. The van der Waals surface area contributed by atoms with Crippen molar-refractivity contribution < 1.29 is 22.6 Å². The first kappa shape index (κ1) is 23.2. The molecule has 1 fully saturated rings. The number of halogens is 3. The van der Waals surface area contributed by atoms with Crippen LogP contribution in [-0.4, -0.2) is 63.6 Å². The molecule has 1 saturated heterocycles. The summed E-state index contributed by atoms with van der Waals surface area (Å²) in [7, 11) is 0. The number of nitrogens with one attached hydrogen (secondary N) is 3. The Balaban J connectivity index is 1.66. The maximum absolute atomic E-state index is 13.0. The van der Waals surface area contributed by atoms with Gasteiger partial charge in [0.05, 0.1) is 18.8 Å². The summed E-state index contributed by atoms with van der Waals surface area (Å²) in [5.41, 5.74) is -0.773. The highest BCUT2D eigenvalue weighted by atomic mass is 19.4. The van der Waals surface area contributed by atoms with E-state index in [1.54, 1.807) is 0 Å². The molecule has 3 N–H and O–H groups in total. The third-order valence-electron chi connectivity index (χ3n) is 4.26. The standard InChI is InChI=1S/C19H30F3N5O2/c1-2-23-18(26-8-4-11-28-13-15-6-12-29-14-15)27-10-9-25-17-16(19(20,21)22)5-3-7-24-17/h3,5,7,15H,2,4,6,8-14H2,1H3,(H,24,25)(H2,23,26,27). The molecule has 0 radical (unpaired) electrons. The summed E-state index contributed by atoms with van der Waals surface area (Å²) < 4.78 is 49.8. The number of anilines is 1. The minimum Gasteiger partial charge on any atom is -0.381 e. The van der Waals surface area contributed by atoms with Crippen LogP contribution < -0.4 is 16.0 Å². The maximum atomic E-state index is 13.0. The summed E-state index contributed by atoms with van der Waals surface area (Å²) in [5.74, 6) is 0.950. The normalized spacial score (nSPS) is 17.4. The SMILES string of the molecule is CCNC(=NCCCOCC1CCOC1)NCCNc1ncccc1C(F)(F)F.